The van der Waals surface area contributed by atoms with Crippen LogP contribution in [0.1, 0.15) is 23.7 Å². The van der Waals surface area contributed by atoms with Crippen molar-refractivity contribution < 1.29 is 14.3 Å². The molecule has 0 bridgehead atoms. The molecule has 0 saturated heterocycles. The van der Waals surface area contributed by atoms with Crippen LogP contribution in [0.25, 0.3) is 11.0 Å². The van der Waals surface area contributed by atoms with E-state index in [4.69, 9.17) is 9.47 Å². The van der Waals surface area contributed by atoms with Gasteiger partial charge in [-0.15, -0.1) is 0 Å². The summed E-state index contributed by atoms with van der Waals surface area (Å²) >= 11 is 1.07. The molecule has 0 saturated carbocycles. The zero-order valence-corrected chi connectivity index (χ0v) is 17.5. The Kier molecular flexibility index (Phi) is 5.59. The molecule has 0 unspecified atom stereocenters. The van der Waals surface area contributed by atoms with Crippen molar-refractivity contribution in [2.75, 3.05) is 7.11 Å². The number of hydrogen-bond acceptors (Lipinski definition) is 8. The third-order valence-electron chi connectivity index (χ3n) is 4.40. The molecule has 4 aromatic rings. The number of ether oxygens (including phenoxy) is 2. The number of esters is 1. The average Bonchev–Trinajstić information content (AvgIpc) is 3.04. The molecule has 2 aromatic carbocycles. The van der Waals surface area contributed by atoms with Crippen molar-refractivity contribution in [2.24, 2.45) is 0 Å². The van der Waals surface area contributed by atoms with Gasteiger partial charge in [-0.2, -0.15) is 14.6 Å². The van der Waals surface area contributed by atoms with Crippen LogP contribution in [-0.2, 0) is 11.2 Å². The van der Waals surface area contributed by atoms with Crippen LogP contribution in [0.4, 0.5) is 0 Å². The molecule has 0 amide bonds. The largest absolute Gasteiger partial charge is 0.493 e. The maximum absolute atomic E-state index is 12.9. The normalized spacial score (nSPS) is 11.6. The lowest BCUT2D eigenvalue weighted by molar-refractivity contribution is -0.132. The van der Waals surface area contributed by atoms with E-state index in [1.165, 1.54) is 14.0 Å². The Morgan fingerprint density at radius 2 is 1.90 bits per heavy atom. The highest BCUT2D eigenvalue weighted by Gasteiger charge is 2.12. The zero-order valence-electron chi connectivity index (χ0n) is 16.7. The number of aromatic nitrogens is 3. The molecule has 0 spiro atoms. The second kappa shape index (κ2) is 8.49. The van der Waals surface area contributed by atoms with Crippen LogP contribution in [0.2, 0.25) is 0 Å². The highest BCUT2D eigenvalue weighted by molar-refractivity contribution is 7.15. The SMILES string of the molecule is COc1cc(C=c2sc3nc(=O)c(Cc4ccccc4)nn3c2=O)ccc1OC(C)=O. The van der Waals surface area contributed by atoms with Gasteiger partial charge in [0.05, 0.1) is 11.6 Å². The molecule has 4 rings (SSSR count). The molecule has 2 aromatic heterocycles. The number of hydrogen-bond donors (Lipinski definition) is 0. The van der Waals surface area contributed by atoms with E-state index in [0.717, 1.165) is 21.4 Å². The van der Waals surface area contributed by atoms with E-state index in [2.05, 4.69) is 10.1 Å². The quantitative estimate of drug-likeness (QED) is 0.347. The van der Waals surface area contributed by atoms with E-state index < -0.39 is 11.5 Å². The fraction of sp³-hybridized carbons (Fsp3) is 0.136. The number of rotatable bonds is 5. The fourth-order valence-electron chi connectivity index (χ4n) is 3.01. The maximum Gasteiger partial charge on any atom is 0.308 e. The highest BCUT2D eigenvalue weighted by atomic mass is 32.1. The standard InChI is InChI=1S/C22H17N3O5S/c1-13(26)30-17-9-8-15(11-18(17)29-2)12-19-21(28)25-22(31-19)23-20(27)16(24-25)10-14-6-4-3-5-7-14/h3-9,11-12H,10H2,1-2H3. The molecule has 0 aliphatic heterocycles. The second-order valence-corrected chi connectivity index (χ2v) is 7.65. The van der Waals surface area contributed by atoms with Crippen molar-refractivity contribution in [1.82, 2.24) is 14.6 Å². The Morgan fingerprint density at radius 3 is 2.61 bits per heavy atom. The Balaban J connectivity index is 1.76. The van der Waals surface area contributed by atoms with Gasteiger partial charge in [0, 0.05) is 13.3 Å². The predicted molar refractivity (Wildman–Crippen MR) is 116 cm³/mol. The Morgan fingerprint density at radius 1 is 1.13 bits per heavy atom. The summed E-state index contributed by atoms with van der Waals surface area (Å²) in [7, 11) is 1.46. The minimum Gasteiger partial charge on any atom is -0.493 e. The second-order valence-electron chi connectivity index (χ2n) is 6.64. The van der Waals surface area contributed by atoms with Gasteiger partial charge in [-0.25, -0.2) is 0 Å². The molecule has 0 aliphatic carbocycles. The van der Waals surface area contributed by atoms with Crippen molar-refractivity contribution in [3.63, 3.8) is 0 Å². The number of carbonyl (C=O) groups is 1. The number of nitrogens with zero attached hydrogens (tertiary/aromatic N) is 3. The van der Waals surface area contributed by atoms with Gasteiger partial charge < -0.3 is 9.47 Å². The highest BCUT2D eigenvalue weighted by Crippen LogP contribution is 2.28. The summed E-state index contributed by atoms with van der Waals surface area (Å²) in [6.07, 6.45) is 1.93. The minimum atomic E-state index is -0.463. The summed E-state index contributed by atoms with van der Waals surface area (Å²) in [6.45, 7) is 1.30. The Hall–Kier alpha value is -3.85. The molecule has 0 fully saturated rings. The van der Waals surface area contributed by atoms with E-state index >= 15 is 0 Å². The van der Waals surface area contributed by atoms with Gasteiger partial charge in [0.25, 0.3) is 11.1 Å². The van der Waals surface area contributed by atoms with E-state index in [-0.39, 0.29) is 22.0 Å². The van der Waals surface area contributed by atoms with Crippen LogP contribution >= 0.6 is 11.3 Å². The third kappa shape index (κ3) is 4.36. The lowest BCUT2D eigenvalue weighted by Crippen LogP contribution is -2.28. The maximum atomic E-state index is 12.9. The predicted octanol–water partition coefficient (Wildman–Crippen LogP) is 1.58. The Labute approximate surface area is 180 Å². The first-order valence-electron chi connectivity index (χ1n) is 9.29. The molecule has 0 radical (unpaired) electrons. The van der Waals surface area contributed by atoms with Crippen molar-refractivity contribution >= 4 is 28.3 Å². The lowest BCUT2D eigenvalue weighted by atomic mass is 10.1. The van der Waals surface area contributed by atoms with Gasteiger partial charge in [0.1, 0.15) is 5.69 Å². The van der Waals surface area contributed by atoms with Gasteiger partial charge in [-0.05, 0) is 29.3 Å². The molecule has 9 heteroatoms. The summed E-state index contributed by atoms with van der Waals surface area (Å²) in [5.74, 6) is 0.174. The van der Waals surface area contributed by atoms with Crippen LogP contribution in [0.15, 0.2) is 58.1 Å². The van der Waals surface area contributed by atoms with Crippen LogP contribution in [-0.4, -0.2) is 27.7 Å². The van der Waals surface area contributed by atoms with Gasteiger partial charge in [-0.1, -0.05) is 47.7 Å². The van der Waals surface area contributed by atoms with Crippen molar-refractivity contribution in [3.8, 4) is 11.5 Å². The average molecular weight is 435 g/mol. The molecule has 0 N–H and O–H groups in total. The summed E-state index contributed by atoms with van der Waals surface area (Å²) in [6, 6.07) is 14.3. The van der Waals surface area contributed by atoms with Crippen LogP contribution < -0.4 is 25.1 Å². The van der Waals surface area contributed by atoms with Gasteiger partial charge in [0.2, 0.25) is 4.96 Å². The molecule has 2 heterocycles. The monoisotopic (exact) mass is 435 g/mol. The first kappa shape index (κ1) is 20.4. The third-order valence-corrected chi connectivity index (χ3v) is 5.36. The van der Waals surface area contributed by atoms with Crippen molar-refractivity contribution in [3.05, 3.63) is 90.6 Å². The number of thiazole rings is 1. The van der Waals surface area contributed by atoms with Crippen LogP contribution in [0.5, 0.6) is 11.5 Å². The molecule has 8 nitrogen and oxygen atoms in total. The van der Waals surface area contributed by atoms with E-state index in [0.29, 0.717) is 22.3 Å². The van der Waals surface area contributed by atoms with E-state index in [9.17, 15) is 14.4 Å². The van der Waals surface area contributed by atoms with Gasteiger partial charge in [-0.3, -0.25) is 14.4 Å². The van der Waals surface area contributed by atoms with Gasteiger partial charge >= 0.3 is 5.97 Å². The van der Waals surface area contributed by atoms with E-state index in [1.54, 1.807) is 24.3 Å². The van der Waals surface area contributed by atoms with Crippen molar-refractivity contribution in [2.45, 2.75) is 13.3 Å². The summed E-state index contributed by atoms with van der Waals surface area (Å²) in [5, 5.41) is 4.25. The topological polar surface area (TPSA) is 99.9 Å². The van der Waals surface area contributed by atoms with Crippen molar-refractivity contribution in [1.29, 1.82) is 0 Å². The molecular formula is C22H17N3O5S. The number of carbonyl (C=O) groups excluding carboxylic acids is 1. The fourth-order valence-corrected chi connectivity index (χ4v) is 3.91. The smallest absolute Gasteiger partial charge is 0.308 e. The molecule has 0 aliphatic rings. The zero-order chi connectivity index (χ0) is 22.0. The summed E-state index contributed by atoms with van der Waals surface area (Å²) in [4.78, 5) is 40.7. The van der Waals surface area contributed by atoms with Gasteiger partial charge in [0.15, 0.2) is 11.5 Å². The number of benzene rings is 2. The first-order valence-corrected chi connectivity index (χ1v) is 10.1. The van der Waals surface area contributed by atoms with Crippen LogP contribution in [0, 0.1) is 0 Å². The molecule has 31 heavy (non-hydrogen) atoms. The molecule has 156 valence electrons. The first-order chi connectivity index (χ1) is 14.9. The number of methoxy groups -OCH3 is 1. The lowest BCUT2D eigenvalue weighted by Gasteiger charge is -2.08. The minimum absolute atomic E-state index is 0.206. The Bertz CT molecular complexity index is 1440. The summed E-state index contributed by atoms with van der Waals surface area (Å²) in [5.41, 5.74) is 0.943. The number of fused-ring (bicyclic) bond motifs is 1. The summed E-state index contributed by atoms with van der Waals surface area (Å²) < 4.78 is 11.9. The molecular weight excluding hydrogens is 418 g/mol. The van der Waals surface area contributed by atoms with Crippen LogP contribution in [0.3, 0.4) is 0 Å². The van der Waals surface area contributed by atoms with E-state index in [1.807, 2.05) is 30.3 Å². The molecule has 0 atom stereocenters.